The van der Waals surface area contributed by atoms with E-state index in [-0.39, 0.29) is 12.6 Å². The van der Waals surface area contributed by atoms with Gasteiger partial charge in [0, 0.05) is 18.4 Å². The van der Waals surface area contributed by atoms with Crippen molar-refractivity contribution < 1.29 is 29.3 Å². The first-order valence-corrected chi connectivity index (χ1v) is 7.47. The van der Waals surface area contributed by atoms with Crippen LogP contribution in [0, 0.1) is 0 Å². The topological polar surface area (TPSA) is 105 Å². The fourth-order valence-electron chi connectivity index (χ4n) is 2.10. The molecular weight excluding hydrogens is 302 g/mol. The molecule has 0 aromatic heterocycles. The van der Waals surface area contributed by atoms with Gasteiger partial charge in [0.05, 0.1) is 19.8 Å². The van der Waals surface area contributed by atoms with Gasteiger partial charge in [0.1, 0.15) is 11.9 Å². The number of hydrogen-bond donors (Lipinski definition) is 3. The average Bonchev–Trinajstić information content (AvgIpc) is 2.54. The lowest BCUT2D eigenvalue weighted by molar-refractivity contribution is -0.155. The molecule has 0 aliphatic carbocycles. The Morgan fingerprint density at radius 1 is 1.30 bits per heavy atom. The Morgan fingerprint density at radius 2 is 1.91 bits per heavy atom. The van der Waals surface area contributed by atoms with Crippen molar-refractivity contribution in [1.82, 2.24) is 5.32 Å². The van der Waals surface area contributed by atoms with Crippen molar-refractivity contribution in [2.75, 3.05) is 19.8 Å². The average molecular weight is 323 g/mol. The van der Waals surface area contributed by atoms with Gasteiger partial charge in [0.2, 0.25) is 0 Å². The summed E-state index contributed by atoms with van der Waals surface area (Å²) in [6, 6.07) is 6.58. The van der Waals surface area contributed by atoms with E-state index in [0.717, 1.165) is 19.8 Å². The molecule has 0 radical (unpaired) electrons. The van der Waals surface area contributed by atoms with Crippen LogP contribution in [0.5, 0.6) is 5.75 Å². The maximum absolute atomic E-state index is 11.9. The monoisotopic (exact) mass is 323 g/mol. The fourth-order valence-corrected chi connectivity index (χ4v) is 2.10. The van der Waals surface area contributed by atoms with Crippen LogP contribution in [-0.4, -0.2) is 53.6 Å². The van der Waals surface area contributed by atoms with Gasteiger partial charge < -0.3 is 25.0 Å². The molecule has 1 saturated heterocycles. The van der Waals surface area contributed by atoms with Crippen LogP contribution in [0.15, 0.2) is 24.3 Å². The van der Waals surface area contributed by atoms with Gasteiger partial charge in [-0.2, -0.15) is 0 Å². The highest BCUT2D eigenvalue weighted by atomic mass is 16.5. The predicted molar refractivity (Wildman–Crippen MR) is 81.5 cm³/mol. The summed E-state index contributed by atoms with van der Waals surface area (Å²) in [4.78, 5) is 22.7. The number of amides is 1. The molecule has 7 nitrogen and oxygen atoms in total. The van der Waals surface area contributed by atoms with Crippen molar-refractivity contribution in [2.24, 2.45) is 0 Å². The summed E-state index contributed by atoms with van der Waals surface area (Å²) in [6.45, 7) is 2.13. The number of aliphatic carboxylic acids is 1. The largest absolute Gasteiger partial charge is 0.490 e. The molecule has 0 spiro atoms. The van der Waals surface area contributed by atoms with Crippen molar-refractivity contribution in [3.63, 3.8) is 0 Å². The molecule has 0 bridgehead atoms. The second-order valence-electron chi connectivity index (χ2n) is 5.72. The lowest BCUT2D eigenvalue weighted by Crippen LogP contribution is -2.46. The van der Waals surface area contributed by atoms with Crippen LogP contribution >= 0.6 is 0 Å². The summed E-state index contributed by atoms with van der Waals surface area (Å²) >= 11 is 0. The van der Waals surface area contributed by atoms with Gasteiger partial charge in [-0.3, -0.25) is 4.79 Å². The quantitative estimate of drug-likeness (QED) is 0.715. The molecule has 1 amide bonds. The van der Waals surface area contributed by atoms with Crippen LogP contribution in [0.25, 0.3) is 0 Å². The van der Waals surface area contributed by atoms with E-state index in [9.17, 15) is 14.7 Å². The molecule has 126 valence electrons. The van der Waals surface area contributed by atoms with E-state index in [2.05, 4.69) is 5.32 Å². The number of ether oxygens (including phenoxy) is 2. The van der Waals surface area contributed by atoms with Gasteiger partial charge in [0.25, 0.3) is 5.91 Å². The number of carbonyl (C=O) groups excluding carboxylic acids is 1. The fraction of sp³-hybridized carbons (Fsp3) is 0.500. The maximum Gasteiger partial charge on any atom is 0.337 e. The molecular formula is C16H21NO6. The highest BCUT2D eigenvalue weighted by Crippen LogP contribution is 2.18. The predicted octanol–water partition coefficient (Wildman–Crippen LogP) is 0.810. The lowest BCUT2D eigenvalue weighted by atomic mass is 10.1. The smallest absolute Gasteiger partial charge is 0.337 e. The van der Waals surface area contributed by atoms with Gasteiger partial charge in [-0.1, -0.05) is 0 Å². The van der Waals surface area contributed by atoms with E-state index in [1.54, 1.807) is 24.3 Å². The van der Waals surface area contributed by atoms with E-state index in [4.69, 9.17) is 14.6 Å². The summed E-state index contributed by atoms with van der Waals surface area (Å²) in [7, 11) is 0. The molecule has 1 heterocycles. The van der Waals surface area contributed by atoms with Crippen molar-refractivity contribution in [1.29, 1.82) is 0 Å². The third-order valence-corrected chi connectivity index (χ3v) is 3.64. The number of hydrogen-bond acceptors (Lipinski definition) is 5. The molecule has 1 unspecified atom stereocenters. The van der Waals surface area contributed by atoms with Gasteiger partial charge in [-0.05, 0) is 31.2 Å². The van der Waals surface area contributed by atoms with Gasteiger partial charge in [0.15, 0.2) is 5.60 Å². The number of carboxylic acids is 1. The Morgan fingerprint density at radius 3 is 2.48 bits per heavy atom. The molecule has 1 atom stereocenters. The molecule has 7 heteroatoms. The van der Waals surface area contributed by atoms with Crippen molar-refractivity contribution in [3.8, 4) is 5.75 Å². The molecule has 1 aliphatic heterocycles. The zero-order valence-electron chi connectivity index (χ0n) is 12.9. The zero-order chi connectivity index (χ0) is 16.9. The normalized spacial score (nSPS) is 18.0. The third kappa shape index (κ3) is 4.94. The van der Waals surface area contributed by atoms with Crippen LogP contribution in [0.3, 0.4) is 0 Å². The molecule has 3 N–H and O–H groups in total. The maximum atomic E-state index is 11.9. The van der Waals surface area contributed by atoms with Crippen LogP contribution in [0.4, 0.5) is 0 Å². The van der Waals surface area contributed by atoms with Crippen molar-refractivity contribution in [2.45, 2.75) is 31.5 Å². The molecule has 1 aromatic rings. The van der Waals surface area contributed by atoms with E-state index in [1.165, 1.54) is 0 Å². The first-order valence-electron chi connectivity index (χ1n) is 7.47. The Bertz CT molecular complexity index is 548. The molecule has 1 aliphatic rings. The van der Waals surface area contributed by atoms with Gasteiger partial charge >= 0.3 is 5.97 Å². The van der Waals surface area contributed by atoms with E-state index in [1.807, 2.05) is 0 Å². The SMILES string of the molecule is CC(O)(CNC(=O)c1ccc(OC2CCOCC2)cc1)C(=O)O. The van der Waals surface area contributed by atoms with Crippen molar-refractivity contribution in [3.05, 3.63) is 29.8 Å². The Balaban J connectivity index is 1.88. The Labute approximate surface area is 134 Å². The zero-order valence-corrected chi connectivity index (χ0v) is 12.9. The molecule has 0 saturated carbocycles. The van der Waals surface area contributed by atoms with E-state index in [0.29, 0.717) is 24.5 Å². The van der Waals surface area contributed by atoms with Crippen LogP contribution in [0.1, 0.15) is 30.1 Å². The minimum atomic E-state index is -2.00. The summed E-state index contributed by atoms with van der Waals surface area (Å²) in [6.07, 6.45) is 1.80. The van der Waals surface area contributed by atoms with Crippen LogP contribution < -0.4 is 10.1 Å². The van der Waals surface area contributed by atoms with Crippen molar-refractivity contribution >= 4 is 11.9 Å². The highest BCUT2D eigenvalue weighted by Gasteiger charge is 2.30. The lowest BCUT2D eigenvalue weighted by Gasteiger charge is -2.23. The van der Waals surface area contributed by atoms with Gasteiger partial charge in [-0.15, -0.1) is 0 Å². The molecule has 1 fully saturated rings. The first kappa shape index (κ1) is 17.2. The first-order chi connectivity index (χ1) is 10.9. The van der Waals surface area contributed by atoms with Gasteiger partial charge in [-0.25, -0.2) is 4.79 Å². The molecule has 23 heavy (non-hydrogen) atoms. The summed E-state index contributed by atoms with van der Waals surface area (Å²) in [5.41, 5.74) is -1.63. The number of benzene rings is 1. The number of nitrogens with one attached hydrogen (secondary N) is 1. The number of aliphatic hydroxyl groups is 1. The second-order valence-corrected chi connectivity index (χ2v) is 5.72. The molecule has 2 rings (SSSR count). The number of carbonyl (C=O) groups is 2. The molecule has 1 aromatic carbocycles. The van der Waals surface area contributed by atoms with Crippen LogP contribution in [-0.2, 0) is 9.53 Å². The summed E-state index contributed by atoms with van der Waals surface area (Å²) < 4.78 is 11.1. The number of carboxylic acid groups (broad SMARTS) is 1. The van der Waals surface area contributed by atoms with E-state index < -0.39 is 17.5 Å². The Hall–Kier alpha value is -2.12. The summed E-state index contributed by atoms with van der Waals surface area (Å²) in [5.74, 6) is -1.17. The third-order valence-electron chi connectivity index (χ3n) is 3.64. The number of rotatable bonds is 6. The minimum Gasteiger partial charge on any atom is -0.490 e. The summed E-state index contributed by atoms with van der Waals surface area (Å²) in [5, 5.41) is 20.8. The second kappa shape index (κ2) is 7.43. The highest BCUT2D eigenvalue weighted by molar-refractivity contribution is 5.94. The van der Waals surface area contributed by atoms with E-state index >= 15 is 0 Å². The minimum absolute atomic E-state index is 0.120. The Kier molecular flexibility index (Phi) is 5.57. The van der Waals surface area contributed by atoms with Crippen LogP contribution in [0.2, 0.25) is 0 Å². The standard InChI is InChI=1S/C16H21NO6/c1-16(21,15(19)20)10-17-14(18)11-2-4-12(5-3-11)23-13-6-8-22-9-7-13/h2-5,13,21H,6-10H2,1H3,(H,17,18)(H,19,20).